The summed E-state index contributed by atoms with van der Waals surface area (Å²) in [6, 6.07) is 7.32. The molecule has 2 saturated carbocycles. The van der Waals surface area contributed by atoms with Crippen LogP contribution in [-0.4, -0.2) is 21.6 Å². The minimum Gasteiger partial charge on any atom is -0.508 e. The second kappa shape index (κ2) is 7.61. The van der Waals surface area contributed by atoms with Crippen LogP contribution in [0, 0.1) is 24.2 Å². The molecule has 0 aliphatic heterocycles. The average Bonchev–Trinajstić information content (AvgIpc) is 3.07. The van der Waals surface area contributed by atoms with Gasteiger partial charge in [0, 0.05) is 17.2 Å². The number of rotatable bonds is 2. The molecule has 2 aromatic rings. The highest BCUT2D eigenvalue weighted by Gasteiger charge is 2.53. The largest absolute Gasteiger partial charge is 0.508 e. The highest BCUT2D eigenvalue weighted by Crippen LogP contribution is 2.60. The molecular weight excluding hydrogens is 404 g/mol. The molecule has 2 fully saturated rings. The summed E-state index contributed by atoms with van der Waals surface area (Å²) in [7, 11) is 0. The third-order valence-corrected chi connectivity index (χ3v) is 8.19. The maximum atomic E-state index is 12.2. The van der Waals surface area contributed by atoms with E-state index in [1.807, 2.05) is 12.1 Å². The van der Waals surface area contributed by atoms with Gasteiger partial charge in [-0.1, -0.05) is 13.0 Å². The number of phenols is 1. The predicted molar refractivity (Wildman–Crippen MR) is 124 cm³/mol. The van der Waals surface area contributed by atoms with Gasteiger partial charge in [-0.05, 0) is 93.4 Å². The Labute approximate surface area is 187 Å². The molecule has 5 rings (SSSR count). The second-order valence-corrected chi connectivity index (χ2v) is 9.93. The summed E-state index contributed by atoms with van der Waals surface area (Å²) in [6.45, 7) is 5.64. The van der Waals surface area contributed by atoms with E-state index in [2.05, 4.69) is 23.2 Å². The van der Waals surface area contributed by atoms with E-state index in [1.54, 1.807) is 13.8 Å². The molecular formula is C26H30N2O4. The van der Waals surface area contributed by atoms with Crippen LogP contribution in [0.3, 0.4) is 0 Å². The van der Waals surface area contributed by atoms with Crippen molar-refractivity contribution in [3.8, 4) is 11.5 Å². The zero-order chi connectivity index (χ0) is 22.6. The van der Waals surface area contributed by atoms with Gasteiger partial charge in [-0.2, -0.15) is 10.2 Å². The Morgan fingerprint density at radius 1 is 1.16 bits per heavy atom. The molecule has 1 aromatic carbocycles. The lowest BCUT2D eigenvalue weighted by atomic mass is 9.55. The van der Waals surface area contributed by atoms with Crippen LogP contribution in [-0.2, 0) is 6.42 Å². The third kappa shape index (κ3) is 3.28. The van der Waals surface area contributed by atoms with Gasteiger partial charge in [0.05, 0.1) is 5.71 Å². The van der Waals surface area contributed by atoms with E-state index in [0.29, 0.717) is 35.0 Å². The number of aromatic hydroxyl groups is 2. The fourth-order valence-corrected chi connectivity index (χ4v) is 6.64. The number of aryl methyl sites for hydroxylation is 2. The number of benzene rings is 1. The highest BCUT2D eigenvalue weighted by molar-refractivity contribution is 6.01. The van der Waals surface area contributed by atoms with Crippen LogP contribution in [0.1, 0.15) is 74.3 Å². The Morgan fingerprint density at radius 2 is 1.97 bits per heavy atom. The Morgan fingerprint density at radius 3 is 2.75 bits per heavy atom. The van der Waals surface area contributed by atoms with E-state index in [9.17, 15) is 15.0 Å². The summed E-state index contributed by atoms with van der Waals surface area (Å²) in [5, 5.41) is 29.1. The van der Waals surface area contributed by atoms with Crippen LogP contribution in [0.2, 0.25) is 0 Å². The molecule has 6 nitrogen and oxygen atoms in total. The first-order valence-corrected chi connectivity index (χ1v) is 11.6. The van der Waals surface area contributed by atoms with Gasteiger partial charge in [0.25, 0.3) is 0 Å². The van der Waals surface area contributed by atoms with E-state index in [4.69, 9.17) is 4.42 Å². The van der Waals surface area contributed by atoms with Gasteiger partial charge in [0.2, 0.25) is 0 Å². The fraction of sp³-hybridized carbons (Fsp3) is 0.500. The fourth-order valence-electron chi connectivity index (χ4n) is 6.64. The van der Waals surface area contributed by atoms with E-state index >= 15 is 0 Å². The van der Waals surface area contributed by atoms with Gasteiger partial charge in [0.15, 0.2) is 0 Å². The first kappa shape index (κ1) is 21.0. The molecule has 0 saturated heterocycles. The van der Waals surface area contributed by atoms with Crippen LogP contribution in [0.25, 0.3) is 0 Å². The molecule has 32 heavy (non-hydrogen) atoms. The summed E-state index contributed by atoms with van der Waals surface area (Å²) in [6.07, 6.45) is 6.36. The minimum atomic E-state index is -0.591. The van der Waals surface area contributed by atoms with Crippen molar-refractivity contribution in [1.29, 1.82) is 0 Å². The lowest BCUT2D eigenvalue weighted by Crippen LogP contribution is -2.42. The summed E-state index contributed by atoms with van der Waals surface area (Å²) in [5.74, 6) is 2.34. The standard InChI is InChI=1S/C26H30N2O4/c1-14-12-22(30)24(25(31)32-14)15(2)27-28-23-9-8-21-20-6-4-16-13-17(29)5-7-18(16)19(20)10-11-26(21,23)3/h5,7,12-13,19-21,29-30H,4,6,8-11H2,1-3H3/b27-15+,28-23+. The average molecular weight is 435 g/mol. The van der Waals surface area contributed by atoms with Crippen molar-refractivity contribution in [2.75, 3.05) is 0 Å². The van der Waals surface area contributed by atoms with Gasteiger partial charge in [-0.3, -0.25) is 0 Å². The van der Waals surface area contributed by atoms with Gasteiger partial charge in [-0.25, -0.2) is 4.79 Å². The van der Waals surface area contributed by atoms with E-state index < -0.39 is 5.63 Å². The minimum absolute atomic E-state index is 0.0133. The topological polar surface area (TPSA) is 95.4 Å². The smallest absolute Gasteiger partial charge is 0.348 e. The van der Waals surface area contributed by atoms with E-state index in [1.165, 1.54) is 17.2 Å². The lowest BCUT2D eigenvalue weighted by Gasteiger charge is -2.49. The van der Waals surface area contributed by atoms with Crippen LogP contribution in [0.15, 0.2) is 43.7 Å². The molecule has 4 atom stereocenters. The molecule has 2 N–H and O–H groups in total. The maximum absolute atomic E-state index is 12.2. The number of phenolic OH excluding ortho intramolecular Hbond substituents is 1. The number of nitrogens with zero attached hydrogens (tertiary/aromatic N) is 2. The molecule has 1 aromatic heterocycles. The van der Waals surface area contributed by atoms with E-state index in [-0.39, 0.29) is 16.7 Å². The molecule has 3 aliphatic carbocycles. The number of hydrogen-bond donors (Lipinski definition) is 2. The monoisotopic (exact) mass is 434 g/mol. The molecule has 6 heteroatoms. The van der Waals surface area contributed by atoms with Crippen molar-refractivity contribution in [3.05, 3.63) is 57.1 Å². The molecule has 0 radical (unpaired) electrons. The van der Waals surface area contributed by atoms with Gasteiger partial charge in [-0.15, -0.1) is 0 Å². The molecule has 0 spiro atoms. The third-order valence-electron chi connectivity index (χ3n) is 8.19. The number of fused-ring (bicyclic) bond motifs is 5. The quantitative estimate of drug-likeness (QED) is 0.509. The second-order valence-electron chi connectivity index (χ2n) is 9.93. The molecule has 1 heterocycles. The normalized spacial score (nSPS) is 30.7. The molecule has 0 amide bonds. The Kier molecular flexibility index (Phi) is 4.99. The first-order valence-electron chi connectivity index (χ1n) is 11.6. The molecule has 3 aliphatic rings. The van der Waals surface area contributed by atoms with Gasteiger partial charge < -0.3 is 14.6 Å². The van der Waals surface area contributed by atoms with Gasteiger partial charge in [0.1, 0.15) is 22.8 Å². The van der Waals surface area contributed by atoms with Crippen molar-refractivity contribution in [3.63, 3.8) is 0 Å². The lowest BCUT2D eigenvalue weighted by molar-refractivity contribution is 0.0955. The van der Waals surface area contributed by atoms with Crippen molar-refractivity contribution in [1.82, 2.24) is 0 Å². The van der Waals surface area contributed by atoms with Crippen LogP contribution in [0.5, 0.6) is 11.5 Å². The Bertz CT molecular complexity index is 1190. The Balaban J connectivity index is 1.43. The van der Waals surface area contributed by atoms with Crippen molar-refractivity contribution in [2.45, 2.75) is 65.2 Å². The molecule has 168 valence electrons. The van der Waals surface area contributed by atoms with E-state index in [0.717, 1.165) is 44.2 Å². The maximum Gasteiger partial charge on any atom is 0.348 e. The summed E-state index contributed by atoms with van der Waals surface area (Å²) in [5.41, 5.74) is 3.70. The first-order chi connectivity index (χ1) is 15.3. The number of hydrogen-bond acceptors (Lipinski definition) is 6. The van der Waals surface area contributed by atoms with Crippen LogP contribution >= 0.6 is 0 Å². The molecule has 4 unspecified atom stereocenters. The van der Waals surface area contributed by atoms with Crippen LogP contribution < -0.4 is 5.63 Å². The summed E-state index contributed by atoms with van der Waals surface area (Å²) < 4.78 is 5.12. The SMILES string of the molecule is C/C(=N\N=C1/CCC2C3CCc4cc(O)ccc4C3CCC12C)c1c(O)cc(C)oc1=O. The predicted octanol–water partition coefficient (Wildman–Crippen LogP) is 5.08. The van der Waals surface area contributed by atoms with Crippen LogP contribution in [0.4, 0.5) is 0 Å². The van der Waals surface area contributed by atoms with Gasteiger partial charge >= 0.3 is 5.63 Å². The zero-order valence-electron chi connectivity index (χ0n) is 18.9. The highest BCUT2D eigenvalue weighted by atomic mass is 16.4. The Hall–Kier alpha value is -2.89. The van der Waals surface area contributed by atoms with Crippen molar-refractivity contribution >= 4 is 11.4 Å². The van der Waals surface area contributed by atoms with Crippen molar-refractivity contribution < 1.29 is 14.6 Å². The van der Waals surface area contributed by atoms with Crippen molar-refractivity contribution in [2.24, 2.45) is 27.5 Å². The molecule has 0 bridgehead atoms. The summed E-state index contributed by atoms with van der Waals surface area (Å²) in [4.78, 5) is 12.2. The zero-order valence-corrected chi connectivity index (χ0v) is 18.9. The summed E-state index contributed by atoms with van der Waals surface area (Å²) >= 11 is 0.